The molecule has 2 atom stereocenters. The van der Waals surface area contributed by atoms with Crippen LogP contribution >= 0.6 is 23.3 Å². The van der Waals surface area contributed by atoms with Gasteiger partial charge in [-0.1, -0.05) is 14.8 Å². The highest BCUT2D eigenvalue weighted by Crippen LogP contribution is 2.40. The molecule has 0 aromatic carbocycles. The second-order valence-electron chi connectivity index (χ2n) is 7.72. The summed E-state index contributed by atoms with van der Waals surface area (Å²) in [6.07, 6.45) is 3.53. The number of rotatable bonds is 7. The molecular formula is C19H19N10O5S2+. The van der Waals surface area contributed by atoms with Crippen LogP contribution in [0.25, 0.3) is 5.65 Å². The zero-order valence-corrected chi connectivity index (χ0v) is 20.2. The number of carbonyl (C=O) groups is 3. The first-order valence-corrected chi connectivity index (χ1v) is 12.2. The minimum atomic E-state index is -1.24. The van der Waals surface area contributed by atoms with Crippen LogP contribution in [0.4, 0.5) is 10.9 Å². The molecule has 2 aliphatic heterocycles. The normalized spacial score (nSPS) is 19.8. The number of hydrogen-bond donors (Lipinski definition) is 5. The Morgan fingerprint density at radius 1 is 1.39 bits per heavy atom. The van der Waals surface area contributed by atoms with Crippen LogP contribution in [0.2, 0.25) is 0 Å². The number of β-lactam (4-membered cyclic amide) rings is 1. The van der Waals surface area contributed by atoms with Gasteiger partial charge in [0.15, 0.2) is 17.1 Å². The van der Waals surface area contributed by atoms with Gasteiger partial charge in [0.1, 0.15) is 29.9 Å². The average molecular weight is 532 g/mol. The van der Waals surface area contributed by atoms with Crippen molar-refractivity contribution in [1.29, 1.82) is 0 Å². The van der Waals surface area contributed by atoms with E-state index in [2.05, 4.69) is 30.2 Å². The summed E-state index contributed by atoms with van der Waals surface area (Å²) < 4.78 is 7.33. The Labute approximate surface area is 210 Å². The maximum absolute atomic E-state index is 12.9. The highest BCUT2D eigenvalue weighted by atomic mass is 32.2. The van der Waals surface area contributed by atoms with Crippen LogP contribution in [-0.2, 0) is 20.9 Å². The number of carboxylic acid groups (broad SMARTS) is 1. The molecule has 5 heterocycles. The summed E-state index contributed by atoms with van der Waals surface area (Å²) in [5.74, 6) is -1.91. The van der Waals surface area contributed by atoms with Gasteiger partial charge in [-0.25, -0.2) is 9.36 Å². The van der Waals surface area contributed by atoms with Crippen molar-refractivity contribution in [2.75, 3.05) is 23.9 Å². The van der Waals surface area contributed by atoms with E-state index in [0.29, 0.717) is 17.1 Å². The van der Waals surface area contributed by atoms with Crippen LogP contribution in [0, 0.1) is 0 Å². The van der Waals surface area contributed by atoms with Gasteiger partial charge in [-0.3, -0.25) is 14.5 Å². The predicted octanol–water partition coefficient (Wildman–Crippen LogP) is -1.29. The highest BCUT2D eigenvalue weighted by molar-refractivity contribution is 8.00. The first-order valence-electron chi connectivity index (χ1n) is 10.4. The number of nitrogens with zero attached hydrogens (tertiary/aromatic N) is 7. The van der Waals surface area contributed by atoms with E-state index in [0.717, 1.165) is 17.2 Å². The first kappa shape index (κ1) is 23.5. The van der Waals surface area contributed by atoms with Gasteiger partial charge in [0.05, 0.1) is 0 Å². The van der Waals surface area contributed by atoms with Crippen LogP contribution in [-0.4, -0.2) is 81.9 Å². The van der Waals surface area contributed by atoms with Crippen LogP contribution < -0.4 is 20.9 Å². The Kier molecular flexibility index (Phi) is 5.92. The molecule has 1 saturated heterocycles. The summed E-state index contributed by atoms with van der Waals surface area (Å²) in [4.78, 5) is 42.7. The summed E-state index contributed by atoms with van der Waals surface area (Å²) in [5, 5.41) is 31.4. The third-order valence-corrected chi connectivity index (χ3v) is 7.53. The van der Waals surface area contributed by atoms with E-state index in [4.69, 9.17) is 5.73 Å². The van der Waals surface area contributed by atoms with Gasteiger partial charge in [0.25, 0.3) is 11.8 Å². The van der Waals surface area contributed by atoms with E-state index in [-0.39, 0.29) is 23.2 Å². The number of aliphatic carboxylic acids is 1. The van der Waals surface area contributed by atoms with Gasteiger partial charge in [0.2, 0.25) is 11.5 Å². The molecule has 1 fully saturated rings. The van der Waals surface area contributed by atoms with Gasteiger partial charge in [0, 0.05) is 36.0 Å². The number of amides is 2. The zero-order chi connectivity index (χ0) is 25.6. The second kappa shape index (κ2) is 9.08. The van der Waals surface area contributed by atoms with Gasteiger partial charge in [-0.2, -0.15) is 9.36 Å². The number of anilines is 2. The molecule has 186 valence electrons. The average Bonchev–Trinajstić information content (AvgIpc) is 3.48. The number of thioether (sulfide) groups is 1. The molecule has 36 heavy (non-hydrogen) atoms. The van der Waals surface area contributed by atoms with Crippen molar-refractivity contribution < 1.29 is 29.3 Å². The van der Waals surface area contributed by atoms with Gasteiger partial charge in [-0.05, 0) is 6.07 Å². The number of hydrogen-bond acceptors (Lipinski definition) is 12. The molecule has 0 spiro atoms. The van der Waals surface area contributed by atoms with E-state index < -0.39 is 34.9 Å². The lowest BCUT2D eigenvalue weighted by Gasteiger charge is -2.49. The number of oxime groups is 1. The lowest BCUT2D eigenvalue weighted by atomic mass is 10.0. The lowest BCUT2D eigenvalue weighted by molar-refractivity contribution is -0.662. The zero-order valence-electron chi connectivity index (χ0n) is 18.5. The standard InChI is InChI=1S/C19H18N10O5S2/c1-21-9-2-3-10-27(4-5-28(10)24-9)6-8-7-35-17-12(16(31)29(17)13(8)18(32)33)22-15(30)11(25-34)14-23-19(20)36-26-14/h2-5,12,17H,6-7H2,1H3,(H5-,20,21,22,23,24,26,30,32,33,34)/p+1/t12-,17-/m1/s1. The number of imidazole rings is 1. The molecule has 0 radical (unpaired) electrons. The van der Waals surface area contributed by atoms with Crippen molar-refractivity contribution in [1.82, 2.24) is 29.2 Å². The van der Waals surface area contributed by atoms with E-state index in [1.807, 2.05) is 10.6 Å². The molecule has 0 bridgehead atoms. The molecule has 0 unspecified atom stereocenters. The van der Waals surface area contributed by atoms with Gasteiger partial charge in [-0.15, -0.1) is 11.8 Å². The predicted molar refractivity (Wildman–Crippen MR) is 127 cm³/mol. The maximum Gasteiger partial charge on any atom is 0.352 e. The molecule has 3 aromatic rings. The van der Waals surface area contributed by atoms with Crippen LogP contribution in [0.1, 0.15) is 5.82 Å². The number of nitrogens with one attached hydrogen (secondary N) is 2. The molecule has 15 nitrogen and oxygen atoms in total. The Morgan fingerprint density at radius 2 is 2.19 bits per heavy atom. The van der Waals surface area contributed by atoms with Crippen molar-refractivity contribution >= 4 is 63.4 Å². The Balaban J connectivity index is 1.36. The largest absolute Gasteiger partial charge is 0.477 e. The van der Waals surface area contributed by atoms with Gasteiger partial charge < -0.3 is 26.7 Å². The highest BCUT2D eigenvalue weighted by Gasteiger charge is 2.54. The SMILES string of the molecule is CNc1ccc2n(cc[n+]2CC2=C(C(=O)O)N3C(=O)[C@@H](NC(=O)/C(=N\O)c4nsc(N)n4)[C@H]3SC2)n1. The number of nitrogen functional groups attached to an aromatic ring is 1. The lowest BCUT2D eigenvalue weighted by Crippen LogP contribution is -2.71. The topological polar surface area (TPSA) is 204 Å². The Hall–Kier alpha value is -4.25. The Morgan fingerprint density at radius 3 is 2.86 bits per heavy atom. The number of carboxylic acids is 1. The summed E-state index contributed by atoms with van der Waals surface area (Å²) in [5.41, 5.74) is 6.17. The van der Waals surface area contributed by atoms with Crippen molar-refractivity contribution in [3.8, 4) is 0 Å². The molecule has 3 aromatic heterocycles. The van der Waals surface area contributed by atoms with Crippen molar-refractivity contribution in [3.63, 3.8) is 0 Å². The minimum Gasteiger partial charge on any atom is -0.477 e. The molecule has 5 rings (SSSR count). The number of carbonyl (C=O) groups excluding carboxylic acids is 2. The third-order valence-electron chi connectivity index (χ3n) is 5.64. The molecular weight excluding hydrogens is 512 g/mol. The minimum absolute atomic E-state index is 0.0728. The van der Waals surface area contributed by atoms with E-state index in [9.17, 15) is 24.7 Å². The fraction of sp³-hybridized carbons (Fsp3) is 0.263. The molecule has 2 aliphatic rings. The summed E-state index contributed by atoms with van der Waals surface area (Å²) in [7, 11) is 1.76. The van der Waals surface area contributed by atoms with E-state index in [1.54, 1.807) is 30.0 Å². The molecule has 0 aliphatic carbocycles. The second-order valence-corrected chi connectivity index (χ2v) is 9.61. The number of nitrogens with two attached hydrogens (primary N) is 1. The maximum atomic E-state index is 12.9. The third kappa shape index (κ3) is 3.87. The quantitative estimate of drug-likeness (QED) is 0.0798. The van der Waals surface area contributed by atoms with E-state index in [1.165, 1.54) is 16.7 Å². The van der Waals surface area contributed by atoms with Gasteiger partial charge >= 0.3 is 11.6 Å². The molecule has 2 amide bonds. The molecule has 6 N–H and O–H groups in total. The summed E-state index contributed by atoms with van der Waals surface area (Å²) in [6, 6.07) is 2.64. The monoisotopic (exact) mass is 531 g/mol. The fourth-order valence-corrected chi connectivity index (χ4v) is 5.77. The molecule has 17 heteroatoms. The Bertz CT molecular complexity index is 1460. The first-order chi connectivity index (χ1) is 17.3. The van der Waals surface area contributed by atoms with Crippen molar-refractivity contribution in [2.24, 2.45) is 5.16 Å². The fourth-order valence-electron chi connectivity index (χ4n) is 4.00. The number of fused-ring (bicyclic) bond motifs is 2. The summed E-state index contributed by atoms with van der Waals surface area (Å²) in [6.45, 7) is 0.234. The van der Waals surface area contributed by atoms with Crippen LogP contribution in [0.5, 0.6) is 0 Å². The van der Waals surface area contributed by atoms with Crippen LogP contribution in [0.3, 0.4) is 0 Å². The van der Waals surface area contributed by atoms with Crippen molar-refractivity contribution in [2.45, 2.75) is 18.0 Å². The number of aromatic nitrogens is 5. The van der Waals surface area contributed by atoms with E-state index >= 15 is 0 Å². The smallest absolute Gasteiger partial charge is 0.352 e. The van der Waals surface area contributed by atoms with Crippen LogP contribution in [0.15, 0.2) is 41.0 Å². The molecule has 0 saturated carbocycles. The summed E-state index contributed by atoms with van der Waals surface area (Å²) >= 11 is 2.13. The van der Waals surface area contributed by atoms with Crippen molar-refractivity contribution in [3.05, 3.63) is 41.6 Å².